The van der Waals surface area contributed by atoms with Crippen LogP contribution in [0.25, 0.3) is 77.2 Å². The lowest BCUT2D eigenvalue weighted by molar-refractivity contribution is 0.660. The molecule has 0 saturated carbocycles. The minimum atomic E-state index is -0.351. The average molecular weight is 852 g/mol. The van der Waals surface area contributed by atoms with Gasteiger partial charge in [0.15, 0.2) is 0 Å². The summed E-state index contributed by atoms with van der Waals surface area (Å²) < 4.78 is 0. The summed E-state index contributed by atoms with van der Waals surface area (Å²) in [5.74, 6) is 0. The third-order valence-electron chi connectivity index (χ3n) is 15.5. The van der Waals surface area contributed by atoms with Gasteiger partial charge < -0.3 is 4.90 Å². The molecule has 0 unspecified atom stereocenters. The van der Waals surface area contributed by atoms with Gasteiger partial charge in [-0.05, 0) is 130 Å². The fraction of sp³-hybridized carbons (Fsp3) is 0.0606. The van der Waals surface area contributed by atoms with Gasteiger partial charge in [0, 0.05) is 22.1 Å². The molecule has 3 aliphatic rings. The number of nitrogens with zero attached hydrogens (tertiary/aromatic N) is 1. The second-order valence-corrected chi connectivity index (χ2v) is 19.1. The van der Waals surface area contributed by atoms with Crippen LogP contribution in [0.3, 0.4) is 0 Å². The van der Waals surface area contributed by atoms with Crippen LogP contribution in [0.4, 0.5) is 17.1 Å². The predicted molar refractivity (Wildman–Crippen MR) is 281 cm³/mol. The fourth-order valence-electron chi connectivity index (χ4n) is 12.6. The van der Waals surface area contributed by atoms with Gasteiger partial charge >= 0.3 is 0 Å². The van der Waals surface area contributed by atoms with Gasteiger partial charge in [-0.2, -0.15) is 0 Å². The summed E-state index contributed by atoms with van der Waals surface area (Å²) in [6.45, 7) is 4.73. The number of rotatable bonds is 5. The first-order chi connectivity index (χ1) is 33.0. The standard InChI is InChI=1S/C66H45N/c1-65(2)56-26-10-8-23-54(56)64-53(25-15-30-61(64)65)51-22-9-14-31-62(51)67(63-32-16-24-47-46-18-4-3-17-43(46)35-39-52(47)63)45-37-33-42(34-38-45)44-36-40-60-55(41-44)50-21-7-13-29-59(50)66(60)57-27-11-5-19-48(57)49-20-6-12-28-58(49)66/h3-41H,1-2H3. The van der Waals surface area contributed by atoms with Crippen LogP contribution in [0.5, 0.6) is 0 Å². The van der Waals surface area contributed by atoms with Crippen LogP contribution in [0.1, 0.15) is 47.2 Å². The molecule has 0 radical (unpaired) electrons. The number of para-hydroxylation sites is 1. The third kappa shape index (κ3) is 5.20. The Morgan fingerprint density at radius 1 is 0.299 bits per heavy atom. The van der Waals surface area contributed by atoms with Crippen LogP contribution in [-0.4, -0.2) is 0 Å². The molecule has 0 atom stereocenters. The molecule has 67 heavy (non-hydrogen) atoms. The quantitative estimate of drug-likeness (QED) is 0.156. The molecular weight excluding hydrogens is 807 g/mol. The lowest BCUT2D eigenvalue weighted by Gasteiger charge is -2.30. The topological polar surface area (TPSA) is 3.24 Å². The number of anilines is 3. The first kappa shape index (κ1) is 38.1. The van der Waals surface area contributed by atoms with Gasteiger partial charge in [-0.25, -0.2) is 0 Å². The van der Waals surface area contributed by atoms with Crippen molar-refractivity contribution in [3.05, 3.63) is 270 Å². The Hall–Kier alpha value is -8.26. The van der Waals surface area contributed by atoms with Crippen molar-refractivity contribution in [3.8, 4) is 55.6 Å². The van der Waals surface area contributed by atoms with Crippen molar-refractivity contribution in [1.82, 2.24) is 0 Å². The highest BCUT2D eigenvalue weighted by Crippen LogP contribution is 2.63. The minimum absolute atomic E-state index is 0.102. The third-order valence-corrected chi connectivity index (χ3v) is 15.5. The minimum Gasteiger partial charge on any atom is -0.309 e. The molecule has 0 amide bonds. The van der Waals surface area contributed by atoms with Gasteiger partial charge in [0.05, 0.1) is 16.8 Å². The maximum absolute atomic E-state index is 2.50. The van der Waals surface area contributed by atoms with Crippen molar-refractivity contribution in [2.45, 2.75) is 24.7 Å². The summed E-state index contributed by atoms with van der Waals surface area (Å²) in [7, 11) is 0. The Morgan fingerprint density at radius 2 is 0.806 bits per heavy atom. The summed E-state index contributed by atoms with van der Waals surface area (Å²) in [4.78, 5) is 2.50. The molecule has 0 fully saturated rings. The highest BCUT2D eigenvalue weighted by Gasteiger charge is 2.51. The van der Waals surface area contributed by atoms with E-state index in [9.17, 15) is 0 Å². The first-order valence-corrected chi connectivity index (χ1v) is 23.6. The number of hydrogen-bond acceptors (Lipinski definition) is 1. The normalized spacial score (nSPS) is 14.1. The molecule has 0 aliphatic heterocycles. The summed E-state index contributed by atoms with van der Waals surface area (Å²) in [5, 5.41) is 4.96. The fourth-order valence-corrected chi connectivity index (χ4v) is 12.6. The lowest BCUT2D eigenvalue weighted by Crippen LogP contribution is -2.25. The summed E-state index contributed by atoms with van der Waals surface area (Å²) in [6, 6.07) is 88.7. The molecular formula is C66H45N. The zero-order valence-corrected chi connectivity index (χ0v) is 37.5. The molecule has 0 aromatic heterocycles. The van der Waals surface area contributed by atoms with Crippen LogP contribution >= 0.6 is 0 Å². The van der Waals surface area contributed by atoms with Crippen molar-refractivity contribution in [2.75, 3.05) is 4.90 Å². The first-order valence-electron chi connectivity index (χ1n) is 23.6. The molecule has 1 heteroatoms. The Balaban J connectivity index is 0.946. The van der Waals surface area contributed by atoms with Crippen LogP contribution in [0.2, 0.25) is 0 Å². The van der Waals surface area contributed by atoms with Crippen molar-refractivity contribution < 1.29 is 0 Å². The zero-order chi connectivity index (χ0) is 44.4. The Kier molecular flexibility index (Phi) is 8.02. The van der Waals surface area contributed by atoms with Crippen LogP contribution in [0, 0.1) is 0 Å². The number of fused-ring (bicyclic) bond motifs is 16. The second-order valence-electron chi connectivity index (χ2n) is 19.1. The van der Waals surface area contributed by atoms with E-state index in [4.69, 9.17) is 0 Å². The van der Waals surface area contributed by atoms with E-state index in [2.05, 4.69) is 255 Å². The Morgan fingerprint density at radius 3 is 1.54 bits per heavy atom. The molecule has 11 aromatic carbocycles. The van der Waals surface area contributed by atoms with E-state index in [1.165, 1.54) is 111 Å². The van der Waals surface area contributed by atoms with E-state index >= 15 is 0 Å². The molecule has 0 N–H and O–H groups in total. The van der Waals surface area contributed by atoms with E-state index in [1.807, 2.05) is 0 Å². The molecule has 14 rings (SSSR count). The summed E-state index contributed by atoms with van der Waals surface area (Å²) in [6.07, 6.45) is 0. The van der Waals surface area contributed by atoms with Crippen LogP contribution in [-0.2, 0) is 10.8 Å². The van der Waals surface area contributed by atoms with Crippen molar-refractivity contribution in [1.29, 1.82) is 0 Å². The maximum atomic E-state index is 2.50. The van der Waals surface area contributed by atoms with Gasteiger partial charge in [0.1, 0.15) is 0 Å². The van der Waals surface area contributed by atoms with Gasteiger partial charge in [-0.15, -0.1) is 0 Å². The lowest BCUT2D eigenvalue weighted by atomic mass is 9.70. The van der Waals surface area contributed by atoms with E-state index in [-0.39, 0.29) is 10.8 Å². The monoisotopic (exact) mass is 851 g/mol. The highest BCUT2D eigenvalue weighted by atomic mass is 15.1. The molecule has 314 valence electrons. The summed E-state index contributed by atoms with van der Waals surface area (Å²) >= 11 is 0. The molecule has 0 saturated heterocycles. The maximum Gasteiger partial charge on any atom is 0.0725 e. The molecule has 11 aromatic rings. The molecule has 1 nitrogen and oxygen atoms in total. The van der Waals surface area contributed by atoms with Crippen LogP contribution in [0.15, 0.2) is 237 Å². The Labute approximate surface area is 391 Å². The van der Waals surface area contributed by atoms with Gasteiger partial charge in [0.25, 0.3) is 0 Å². The van der Waals surface area contributed by atoms with E-state index < -0.39 is 0 Å². The predicted octanol–water partition coefficient (Wildman–Crippen LogP) is 17.4. The second kappa shape index (κ2) is 14.1. The van der Waals surface area contributed by atoms with Gasteiger partial charge in [0.2, 0.25) is 0 Å². The van der Waals surface area contributed by atoms with Crippen molar-refractivity contribution in [3.63, 3.8) is 0 Å². The van der Waals surface area contributed by atoms with E-state index in [1.54, 1.807) is 0 Å². The molecule has 3 aliphatic carbocycles. The number of hydrogen-bond donors (Lipinski definition) is 0. The van der Waals surface area contributed by atoms with Gasteiger partial charge in [-0.3, -0.25) is 0 Å². The van der Waals surface area contributed by atoms with E-state index in [0.717, 1.165) is 17.1 Å². The Bertz CT molecular complexity index is 3800. The molecule has 0 heterocycles. The number of benzene rings is 11. The van der Waals surface area contributed by atoms with Crippen molar-refractivity contribution >= 4 is 38.6 Å². The average Bonchev–Trinajstić information content (AvgIpc) is 3.95. The zero-order valence-electron chi connectivity index (χ0n) is 37.5. The molecule has 1 spiro atoms. The van der Waals surface area contributed by atoms with Gasteiger partial charge in [-0.1, -0.05) is 220 Å². The molecule has 0 bridgehead atoms. The highest BCUT2D eigenvalue weighted by molar-refractivity contribution is 6.13. The SMILES string of the molecule is CC1(C)c2ccccc2-c2c(-c3ccccc3N(c3ccc(-c4ccc5c(c4)-c4ccccc4C54c5ccccc5-c5ccccc54)cc3)c3cccc4c3ccc3ccccc34)cccc21. The summed E-state index contributed by atoms with van der Waals surface area (Å²) in [5.41, 5.74) is 23.9. The van der Waals surface area contributed by atoms with Crippen molar-refractivity contribution in [2.24, 2.45) is 0 Å². The largest absolute Gasteiger partial charge is 0.309 e. The smallest absolute Gasteiger partial charge is 0.0725 e. The van der Waals surface area contributed by atoms with E-state index in [0.29, 0.717) is 0 Å². The van der Waals surface area contributed by atoms with Crippen LogP contribution < -0.4 is 4.90 Å².